The zero-order valence-electron chi connectivity index (χ0n) is 9.13. The van der Waals surface area contributed by atoms with Crippen molar-refractivity contribution in [2.75, 3.05) is 0 Å². The number of rotatable bonds is 4. The Morgan fingerprint density at radius 1 is 1.19 bits per heavy atom. The van der Waals surface area contributed by atoms with Crippen LogP contribution in [0.25, 0.3) is 0 Å². The molecule has 0 spiro atoms. The molecule has 16 heavy (non-hydrogen) atoms. The molecule has 1 aromatic carbocycles. The minimum absolute atomic E-state index is 0.338. The summed E-state index contributed by atoms with van der Waals surface area (Å²) in [6.45, 7) is 0. The van der Waals surface area contributed by atoms with Gasteiger partial charge < -0.3 is 5.11 Å². The van der Waals surface area contributed by atoms with E-state index in [0.717, 1.165) is 12.5 Å². The summed E-state index contributed by atoms with van der Waals surface area (Å²) in [6.07, 6.45) is 4.20. The molecule has 1 nitrogen and oxygen atoms in total. The SMILES string of the molecule is OC(Cc1cc(F)cc(F)c1)CC1CCC1. The van der Waals surface area contributed by atoms with Crippen LogP contribution in [0.3, 0.4) is 0 Å². The van der Waals surface area contributed by atoms with Gasteiger partial charge in [0, 0.05) is 6.07 Å². The van der Waals surface area contributed by atoms with Gasteiger partial charge in [-0.2, -0.15) is 0 Å². The van der Waals surface area contributed by atoms with Crippen LogP contribution < -0.4 is 0 Å². The molecule has 0 bridgehead atoms. The molecule has 0 aromatic heterocycles. The van der Waals surface area contributed by atoms with Crippen molar-refractivity contribution in [3.63, 3.8) is 0 Å². The van der Waals surface area contributed by atoms with Crippen molar-refractivity contribution in [3.05, 3.63) is 35.4 Å². The van der Waals surface area contributed by atoms with E-state index in [1.54, 1.807) is 0 Å². The maximum Gasteiger partial charge on any atom is 0.126 e. The second-order valence-corrected chi connectivity index (χ2v) is 4.67. The molecule has 1 N–H and O–H groups in total. The number of aliphatic hydroxyl groups is 1. The molecule has 0 aliphatic heterocycles. The van der Waals surface area contributed by atoms with Gasteiger partial charge in [0.25, 0.3) is 0 Å². The van der Waals surface area contributed by atoms with Gasteiger partial charge in [-0.3, -0.25) is 0 Å². The second-order valence-electron chi connectivity index (χ2n) is 4.67. The smallest absolute Gasteiger partial charge is 0.126 e. The van der Waals surface area contributed by atoms with Gasteiger partial charge in [0.1, 0.15) is 11.6 Å². The Morgan fingerprint density at radius 2 is 1.81 bits per heavy atom. The van der Waals surface area contributed by atoms with E-state index >= 15 is 0 Å². The summed E-state index contributed by atoms with van der Waals surface area (Å²) in [5, 5.41) is 9.77. The minimum atomic E-state index is -0.578. The van der Waals surface area contributed by atoms with Gasteiger partial charge >= 0.3 is 0 Å². The van der Waals surface area contributed by atoms with Crippen molar-refractivity contribution in [1.82, 2.24) is 0 Å². The van der Waals surface area contributed by atoms with Gasteiger partial charge in [0.05, 0.1) is 6.10 Å². The average molecular weight is 226 g/mol. The molecule has 1 aliphatic carbocycles. The van der Waals surface area contributed by atoms with E-state index in [4.69, 9.17) is 0 Å². The van der Waals surface area contributed by atoms with Crippen molar-refractivity contribution in [3.8, 4) is 0 Å². The molecule has 1 saturated carbocycles. The average Bonchev–Trinajstić information content (AvgIpc) is 2.09. The highest BCUT2D eigenvalue weighted by Crippen LogP contribution is 2.31. The van der Waals surface area contributed by atoms with Gasteiger partial charge in [0.15, 0.2) is 0 Å². The summed E-state index contributed by atoms with van der Waals surface area (Å²) in [7, 11) is 0. The Kier molecular flexibility index (Phi) is 3.54. The van der Waals surface area contributed by atoms with E-state index in [0.29, 0.717) is 17.9 Å². The van der Waals surface area contributed by atoms with Gasteiger partial charge in [-0.1, -0.05) is 19.3 Å². The third-order valence-electron chi connectivity index (χ3n) is 3.22. The second kappa shape index (κ2) is 4.91. The summed E-state index contributed by atoms with van der Waals surface area (Å²) < 4.78 is 25.8. The van der Waals surface area contributed by atoms with Crippen LogP contribution in [-0.2, 0) is 6.42 Å². The van der Waals surface area contributed by atoms with Gasteiger partial charge in [-0.05, 0) is 36.5 Å². The molecule has 88 valence electrons. The molecule has 1 atom stereocenters. The van der Waals surface area contributed by atoms with Crippen LogP contribution >= 0.6 is 0 Å². The zero-order valence-corrected chi connectivity index (χ0v) is 9.13. The first-order valence-electron chi connectivity index (χ1n) is 5.76. The zero-order chi connectivity index (χ0) is 11.5. The fraction of sp³-hybridized carbons (Fsp3) is 0.538. The fourth-order valence-electron chi connectivity index (χ4n) is 2.20. The number of hydrogen-bond donors (Lipinski definition) is 1. The number of aliphatic hydroxyl groups excluding tert-OH is 1. The van der Waals surface area contributed by atoms with Gasteiger partial charge in [-0.15, -0.1) is 0 Å². The molecule has 0 amide bonds. The molecule has 2 rings (SSSR count). The lowest BCUT2D eigenvalue weighted by Crippen LogP contribution is -2.21. The van der Waals surface area contributed by atoms with Crippen LogP contribution in [-0.4, -0.2) is 11.2 Å². The summed E-state index contributed by atoms with van der Waals surface area (Å²) >= 11 is 0. The Hall–Kier alpha value is -0.960. The lowest BCUT2D eigenvalue weighted by Gasteiger charge is -2.27. The highest BCUT2D eigenvalue weighted by molar-refractivity contribution is 5.18. The van der Waals surface area contributed by atoms with E-state index in [2.05, 4.69) is 0 Å². The van der Waals surface area contributed by atoms with Crippen LogP contribution in [0.4, 0.5) is 8.78 Å². The first-order valence-corrected chi connectivity index (χ1v) is 5.76. The lowest BCUT2D eigenvalue weighted by molar-refractivity contribution is 0.117. The maximum atomic E-state index is 12.9. The lowest BCUT2D eigenvalue weighted by atomic mass is 9.80. The molecular weight excluding hydrogens is 210 g/mol. The minimum Gasteiger partial charge on any atom is -0.393 e. The van der Waals surface area contributed by atoms with Gasteiger partial charge in [0.2, 0.25) is 0 Å². The number of benzene rings is 1. The monoisotopic (exact) mass is 226 g/mol. The predicted molar refractivity (Wildman–Crippen MR) is 58.0 cm³/mol. The molecule has 3 heteroatoms. The largest absolute Gasteiger partial charge is 0.393 e. The van der Waals surface area contributed by atoms with E-state index in [-0.39, 0.29) is 0 Å². The van der Waals surface area contributed by atoms with Gasteiger partial charge in [-0.25, -0.2) is 8.78 Å². The van der Waals surface area contributed by atoms with E-state index in [1.807, 2.05) is 0 Å². The highest BCUT2D eigenvalue weighted by atomic mass is 19.1. The normalized spacial score (nSPS) is 18.2. The van der Waals surface area contributed by atoms with Crippen molar-refractivity contribution < 1.29 is 13.9 Å². The predicted octanol–water partition coefficient (Wildman–Crippen LogP) is 3.06. The molecule has 0 heterocycles. The van der Waals surface area contributed by atoms with Crippen LogP contribution in [0.15, 0.2) is 18.2 Å². The molecule has 1 fully saturated rings. The Bertz CT molecular complexity index is 341. The van der Waals surface area contributed by atoms with Crippen LogP contribution in [0.1, 0.15) is 31.2 Å². The molecule has 0 saturated heterocycles. The molecular formula is C13H16F2O. The van der Waals surface area contributed by atoms with Crippen LogP contribution in [0.2, 0.25) is 0 Å². The third-order valence-corrected chi connectivity index (χ3v) is 3.22. The number of halogens is 2. The van der Waals surface area contributed by atoms with E-state index in [9.17, 15) is 13.9 Å². The van der Waals surface area contributed by atoms with E-state index in [1.165, 1.54) is 31.4 Å². The van der Waals surface area contributed by atoms with Crippen LogP contribution in [0, 0.1) is 17.6 Å². The quantitative estimate of drug-likeness (QED) is 0.836. The highest BCUT2D eigenvalue weighted by Gasteiger charge is 2.21. The standard InChI is InChI=1S/C13H16F2O/c14-11-4-10(5-12(15)8-11)7-13(16)6-9-2-1-3-9/h4-5,8-9,13,16H,1-3,6-7H2. The molecule has 0 radical (unpaired) electrons. The molecule has 1 aromatic rings. The topological polar surface area (TPSA) is 20.2 Å². The first kappa shape index (κ1) is 11.5. The van der Waals surface area contributed by atoms with E-state index < -0.39 is 17.7 Å². The first-order chi connectivity index (χ1) is 7.63. The summed E-state index contributed by atoms with van der Waals surface area (Å²) in [6, 6.07) is 3.42. The summed E-state index contributed by atoms with van der Waals surface area (Å²) in [4.78, 5) is 0. The Morgan fingerprint density at radius 3 is 2.31 bits per heavy atom. The Balaban J connectivity index is 1.91. The van der Waals surface area contributed by atoms with Crippen molar-refractivity contribution in [1.29, 1.82) is 0 Å². The molecule has 1 unspecified atom stereocenters. The summed E-state index contributed by atoms with van der Waals surface area (Å²) in [5.41, 5.74) is 0.532. The Labute approximate surface area is 94.1 Å². The fourth-order valence-corrected chi connectivity index (χ4v) is 2.20. The van der Waals surface area contributed by atoms with Crippen molar-refractivity contribution in [2.24, 2.45) is 5.92 Å². The van der Waals surface area contributed by atoms with Crippen LogP contribution in [0.5, 0.6) is 0 Å². The van der Waals surface area contributed by atoms with Crippen molar-refractivity contribution in [2.45, 2.75) is 38.2 Å². The third kappa shape index (κ3) is 3.01. The van der Waals surface area contributed by atoms with Crippen molar-refractivity contribution >= 4 is 0 Å². The number of hydrogen-bond acceptors (Lipinski definition) is 1. The summed E-state index contributed by atoms with van der Waals surface area (Å²) in [5.74, 6) is -0.551. The maximum absolute atomic E-state index is 12.9. The molecule has 1 aliphatic rings.